The smallest absolute Gasteiger partial charge is 0.309 e. The monoisotopic (exact) mass is 611 g/mol. The molecule has 10 unspecified atom stereocenters. The fourth-order valence-corrected chi connectivity index (χ4v) is 13.2. The Morgan fingerprint density at radius 2 is 1.80 bits per heavy atom. The maximum atomic E-state index is 12.9. The average Bonchev–Trinajstić information content (AvgIpc) is 3.39. The van der Waals surface area contributed by atoms with E-state index in [1.807, 2.05) is 0 Å². The molecule has 0 saturated heterocycles. The molecule has 7 aliphatic rings. The molecule has 3 nitrogen and oxygen atoms in total. The highest BCUT2D eigenvalue weighted by Gasteiger charge is 2.69. The molecule has 4 saturated carbocycles. The minimum Gasteiger partial charge on any atom is -0.461 e. The summed E-state index contributed by atoms with van der Waals surface area (Å²) in [7, 11) is 0. The molecule has 0 bridgehead atoms. The summed E-state index contributed by atoms with van der Waals surface area (Å²) in [4.78, 5) is 12.9. The van der Waals surface area contributed by atoms with Crippen LogP contribution in [0.25, 0.3) is 0 Å². The van der Waals surface area contributed by atoms with Crippen molar-refractivity contribution in [3.63, 3.8) is 0 Å². The minimum absolute atomic E-state index is 0.00331. The van der Waals surface area contributed by atoms with Gasteiger partial charge in [-0.25, -0.2) is 0 Å². The SMILES string of the molecule is C=C(C)C1CCC2(N)CC[C@]3(C)C(CCC4C5(C)CC=C(C6=CCC(C(=O)OCC7=CC=CCC7)CC6)C(C)C5CCC43C)C12. The summed E-state index contributed by atoms with van der Waals surface area (Å²) < 4.78 is 5.76. The number of carbonyl (C=O) groups excluding carboxylic acids is 1. The number of esters is 1. The normalized spacial score (nSPS) is 47.2. The number of nitrogens with two attached hydrogens (primary N) is 1. The summed E-state index contributed by atoms with van der Waals surface area (Å²) >= 11 is 0. The van der Waals surface area contributed by atoms with Gasteiger partial charge < -0.3 is 10.5 Å². The van der Waals surface area contributed by atoms with E-state index in [9.17, 15) is 4.79 Å². The van der Waals surface area contributed by atoms with Crippen LogP contribution in [0.1, 0.15) is 125 Å². The van der Waals surface area contributed by atoms with Gasteiger partial charge in [-0.3, -0.25) is 4.79 Å². The van der Waals surface area contributed by atoms with Gasteiger partial charge in [-0.05, 0) is 165 Å². The lowest BCUT2D eigenvalue weighted by atomic mass is 9.34. The van der Waals surface area contributed by atoms with Crippen molar-refractivity contribution in [3.8, 4) is 0 Å². The van der Waals surface area contributed by atoms with E-state index in [1.165, 1.54) is 74.5 Å². The Hall–Kier alpha value is -1.87. The lowest BCUT2D eigenvalue weighted by molar-refractivity contribution is -0.213. The van der Waals surface area contributed by atoms with Crippen LogP contribution in [0.2, 0.25) is 0 Å². The van der Waals surface area contributed by atoms with Crippen molar-refractivity contribution in [1.82, 2.24) is 0 Å². The molecule has 45 heavy (non-hydrogen) atoms. The summed E-state index contributed by atoms with van der Waals surface area (Å²) in [5, 5.41) is 0. The van der Waals surface area contributed by atoms with Crippen LogP contribution in [0, 0.1) is 57.7 Å². The second-order valence-corrected chi connectivity index (χ2v) is 17.7. The Kier molecular flexibility index (Phi) is 8.02. The van der Waals surface area contributed by atoms with Gasteiger partial charge in [0.25, 0.3) is 0 Å². The molecular formula is C42H61NO2. The van der Waals surface area contributed by atoms with Crippen LogP contribution in [0.5, 0.6) is 0 Å². The molecule has 3 heteroatoms. The fourth-order valence-electron chi connectivity index (χ4n) is 13.2. The van der Waals surface area contributed by atoms with Crippen LogP contribution in [-0.4, -0.2) is 18.1 Å². The summed E-state index contributed by atoms with van der Waals surface area (Å²) in [6.07, 6.45) is 27.9. The highest BCUT2D eigenvalue weighted by Crippen LogP contribution is 2.75. The topological polar surface area (TPSA) is 52.3 Å². The van der Waals surface area contributed by atoms with E-state index >= 15 is 0 Å². The number of carbonyl (C=O) groups is 1. The predicted molar refractivity (Wildman–Crippen MR) is 185 cm³/mol. The van der Waals surface area contributed by atoms with E-state index < -0.39 is 0 Å². The zero-order valence-electron chi connectivity index (χ0n) is 29.1. The first-order valence-electron chi connectivity index (χ1n) is 18.8. The Labute approximate surface area is 274 Å². The van der Waals surface area contributed by atoms with Crippen molar-refractivity contribution in [1.29, 1.82) is 0 Å². The molecule has 0 aromatic carbocycles. The number of hydrogen-bond donors (Lipinski definition) is 1. The molecule has 0 spiro atoms. The molecule has 0 aliphatic heterocycles. The number of allylic oxidation sites excluding steroid dienone is 8. The quantitative estimate of drug-likeness (QED) is 0.249. The van der Waals surface area contributed by atoms with Crippen LogP contribution >= 0.6 is 0 Å². The van der Waals surface area contributed by atoms with Crippen LogP contribution in [0.15, 0.2) is 59.3 Å². The Bertz CT molecular complexity index is 1350. The third kappa shape index (κ3) is 4.86. The maximum absolute atomic E-state index is 12.9. The van der Waals surface area contributed by atoms with E-state index in [2.05, 4.69) is 71.6 Å². The lowest BCUT2D eigenvalue weighted by Crippen LogP contribution is -2.66. The number of hydrogen-bond acceptors (Lipinski definition) is 3. The first-order valence-corrected chi connectivity index (χ1v) is 18.8. The molecule has 2 N–H and O–H groups in total. The third-order valence-corrected chi connectivity index (χ3v) is 15.9. The van der Waals surface area contributed by atoms with Gasteiger partial charge in [0.05, 0.1) is 5.92 Å². The maximum Gasteiger partial charge on any atom is 0.309 e. The molecule has 0 aromatic heterocycles. The highest BCUT2D eigenvalue weighted by atomic mass is 16.5. The van der Waals surface area contributed by atoms with E-state index in [-0.39, 0.29) is 17.4 Å². The Morgan fingerprint density at radius 3 is 2.51 bits per heavy atom. The molecule has 246 valence electrons. The van der Waals surface area contributed by atoms with Gasteiger partial charge in [-0.1, -0.05) is 70.2 Å². The van der Waals surface area contributed by atoms with Crippen LogP contribution in [0.3, 0.4) is 0 Å². The van der Waals surface area contributed by atoms with Crippen LogP contribution < -0.4 is 5.73 Å². The summed E-state index contributed by atoms with van der Waals surface area (Å²) in [5.74, 6) is 4.08. The van der Waals surface area contributed by atoms with Gasteiger partial charge in [0, 0.05) is 5.54 Å². The van der Waals surface area contributed by atoms with Crippen molar-refractivity contribution in [2.24, 2.45) is 63.4 Å². The Morgan fingerprint density at radius 1 is 0.978 bits per heavy atom. The lowest BCUT2D eigenvalue weighted by Gasteiger charge is -2.71. The van der Waals surface area contributed by atoms with Crippen molar-refractivity contribution < 1.29 is 9.53 Å². The molecule has 0 heterocycles. The predicted octanol–water partition coefficient (Wildman–Crippen LogP) is 10.0. The number of fused-ring (bicyclic) bond motifs is 7. The minimum atomic E-state index is -0.00331. The number of ether oxygens (including phenoxy) is 1. The van der Waals surface area contributed by atoms with Crippen molar-refractivity contribution in [2.45, 2.75) is 130 Å². The van der Waals surface area contributed by atoms with Crippen LogP contribution in [-0.2, 0) is 9.53 Å². The van der Waals surface area contributed by atoms with Crippen LogP contribution in [0.4, 0.5) is 0 Å². The summed E-state index contributed by atoms with van der Waals surface area (Å²) in [6, 6.07) is 0. The fraction of sp³-hybridized carbons (Fsp3) is 0.738. The van der Waals surface area contributed by atoms with E-state index in [4.69, 9.17) is 10.5 Å². The zero-order valence-corrected chi connectivity index (χ0v) is 29.1. The molecule has 0 amide bonds. The largest absolute Gasteiger partial charge is 0.461 e. The van der Waals surface area contributed by atoms with Gasteiger partial charge in [0.15, 0.2) is 0 Å². The molecule has 4 fully saturated rings. The van der Waals surface area contributed by atoms with Gasteiger partial charge in [-0.15, -0.1) is 0 Å². The standard InChI is InChI=1S/C42H61NO2/c1-27(2)32-19-23-42(43)25-24-40(5)35(37(32)42)16-17-36-39(4)21-18-33(28(3)34(39)20-22-41(36,40)6)30-12-14-31(15-13-30)38(44)45-26-29-10-8-7-9-11-29/h7-8,10,12,18,28,31-32,34-37H,1,9,11,13-17,19-26,43H2,2-6H3/t28?,31?,32?,34?,35?,36?,37?,39?,40-,41?,42?/m1/s1. The first kappa shape index (κ1) is 31.7. The van der Waals surface area contributed by atoms with Gasteiger partial charge >= 0.3 is 5.97 Å². The first-order chi connectivity index (χ1) is 21.4. The van der Waals surface area contributed by atoms with Crippen molar-refractivity contribution >= 4 is 5.97 Å². The van der Waals surface area contributed by atoms with Gasteiger partial charge in [0.2, 0.25) is 0 Å². The zero-order chi connectivity index (χ0) is 31.8. The molecular weight excluding hydrogens is 550 g/mol. The molecule has 7 aliphatic carbocycles. The van der Waals surface area contributed by atoms with Crippen molar-refractivity contribution in [2.75, 3.05) is 6.61 Å². The van der Waals surface area contributed by atoms with Gasteiger partial charge in [-0.2, -0.15) is 0 Å². The second-order valence-electron chi connectivity index (χ2n) is 17.7. The molecule has 7 rings (SSSR count). The number of rotatable bonds is 5. The third-order valence-electron chi connectivity index (χ3n) is 15.9. The molecule has 0 radical (unpaired) electrons. The van der Waals surface area contributed by atoms with E-state index in [0.717, 1.165) is 49.9 Å². The summed E-state index contributed by atoms with van der Waals surface area (Å²) in [6.45, 7) is 17.9. The molecule has 0 aromatic rings. The van der Waals surface area contributed by atoms with E-state index in [0.29, 0.717) is 40.6 Å². The Balaban J connectivity index is 1.07. The molecule has 11 atom stereocenters. The second kappa shape index (κ2) is 11.4. The van der Waals surface area contributed by atoms with Crippen molar-refractivity contribution in [3.05, 3.63) is 59.3 Å². The summed E-state index contributed by atoms with van der Waals surface area (Å²) in [5.41, 5.74) is 14.2. The average molecular weight is 612 g/mol. The van der Waals surface area contributed by atoms with E-state index in [1.54, 1.807) is 5.57 Å². The highest BCUT2D eigenvalue weighted by molar-refractivity contribution is 5.73. The van der Waals surface area contributed by atoms with Gasteiger partial charge in [0.1, 0.15) is 6.61 Å².